The van der Waals surface area contributed by atoms with Gasteiger partial charge in [-0.2, -0.15) is 11.3 Å². The van der Waals surface area contributed by atoms with Crippen molar-refractivity contribution in [2.24, 2.45) is 5.92 Å². The topological polar surface area (TPSA) is 41.6 Å². The second kappa shape index (κ2) is 7.92. The van der Waals surface area contributed by atoms with Crippen LogP contribution in [0.3, 0.4) is 0 Å². The molecule has 2 unspecified atom stereocenters. The van der Waals surface area contributed by atoms with E-state index in [4.69, 9.17) is 4.74 Å². The van der Waals surface area contributed by atoms with Gasteiger partial charge in [-0.05, 0) is 34.7 Å². The zero-order valence-electron chi connectivity index (χ0n) is 13.2. The van der Waals surface area contributed by atoms with E-state index in [9.17, 15) is 4.79 Å². The summed E-state index contributed by atoms with van der Waals surface area (Å²) in [6, 6.07) is 2.04. The van der Waals surface area contributed by atoms with Crippen molar-refractivity contribution in [1.82, 2.24) is 10.2 Å². The fourth-order valence-electron chi connectivity index (χ4n) is 2.60. The van der Waals surface area contributed by atoms with E-state index in [2.05, 4.69) is 42.9 Å². The summed E-state index contributed by atoms with van der Waals surface area (Å²) in [6.07, 6.45) is 1.91. The van der Waals surface area contributed by atoms with Crippen LogP contribution >= 0.6 is 11.3 Å². The molecule has 1 aliphatic heterocycles. The fourth-order valence-corrected chi connectivity index (χ4v) is 3.28. The Balaban J connectivity index is 1.98. The van der Waals surface area contributed by atoms with E-state index in [-0.39, 0.29) is 18.1 Å². The predicted octanol–water partition coefficient (Wildman–Crippen LogP) is 3.02. The average molecular weight is 310 g/mol. The molecule has 1 aliphatic rings. The molecule has 0 saturated carbocycles. The quantitative estimate of drug-likeness (QED) is 0.751. The maximum Gasteiger partial charge on any atom is 0.241 e. The second-order valence-electron chi connectivity index (χ2n) is 5.97. The van der Waals surface area contributed by atoms with Gasteiger partial charge in [0.15, 0.2) is 0 Å². The molecule has 0 bridgehead atoms. The predicted molar refractivity (Wildman–Crippen MR) is 86.3 cm³/mol. The number of nitrogens with zero attached hydrogens (tertiary/aromatic N) is 1. The molecule has 1 fully saturated rings. The molecule has 1 amide bonds. The normalized spacial score (nSPS) is 22.5. The Morgan fingerprint density at radius 1 is 1.48 bits per heavy atom. The van der Waals surface area contributed by atoms with Gasteiger partial charge in [0, 0.05) is 13.2 Å². The van der Waals surface area contributed by atoms with Crippen LogP contribution in [0.1, 0.15) is 45.3 Å². The zero-order chi connectivity index (χ0) is 15.2. The number of thiophene rings is 1. The molecule has 5 heteroatoms. The molecular formula is C16H26N2O2S. The van der Waals surface area contributed by atoms with Crippen molar-refractivity contribution in [2.45, 2.75) is 45.8 Å². The van der Waals surface area contributed by atoms with E-state index < -0.39 is 0 Å². The van der Waals surface area contributed by atoms with E-state index in [0.29, 0.717) is 19.1 Å². The maximum absolute atomic E-state index is 12.5. The van der Waals surface area contributed by atoms with Gasteiger partial charge in [-0.1, -0.05) is 27.2 Å². The van der Waals surface area contributed by atoms with Gasteiger partial charge >= 0.3 is 0 Å². The van der Waals surface area contributed by atoms with Crippen molar-refractivity contribution in [2.75, 3.05) is 19.8 Å². The molecule has 2 rings (SSSR count). The molecule has 2 heterocycles. The average Bonchev–Trinajstić information content (AvgIpc) is 3.05. The molecule has 21 heavy (non-hydrogen) atoms. The summed E-state index contributed by atoms with van der Waals surface area (Å²) >= 11 is 1.67. The summed E-state index contributed by atoms with van der Waals surface area (Å²) < 4.78 is 5.65. The zero-order valence-corrected chi connectivity index (χ0v) is 14.0. The van der Waals surface area contributed by atoms with Crippen LogP contribution in [0.5, 0.6) is 0 Å². The Morgan fingerprint density at radius 2 is 2.29 bits per heavy atom. The number of nitrogens with one attached hydrogen (secondary N) is 1. The van der Waals surface area contributed by atoms with Gasteiger partial charge in [0.25, 0.3) is 0 Å². The van der Waals surface area contributed by atoms with E-state index in [1.807, 2.05) is 4.90 Å². The highest BCUT2D eigenvalue weighted by atomic mass is 32.1. The summed E-state index contributed by atoms with van der Waals surface area (Å²) in [4.78, 5) is 14.5. The minimum absolute atomic E-state index is 0.00273. The lowest BCUT2D eigenvalue weighted by Gasteiger charge is -2.23. The number of ether oxygens (including phenoxy) is 1. The smallest absolute Gasteiger partial charge is 0.241 e. The molecule has 0 radical (unpaired) electrons. The van der Waals surface area contributed by atoms with Crippen molar-refractivity contribution in [3.8, 4) is 0 Å². The number of hydrogen-bond donors (Lipinski definition) is 1. The van der Waals surface area contributed by atoms with Crippen LogP contribution in [-0.2, 0) is 9.53 Å². The minimum atomic E-state index is -0.0509. The van der Waals surface area contributed by atoms with Gasteiger partial charge in [0.1, 0.15) is 6.17 Å². The highest BCUT2D eigenvalue weighted by Gasteiger charge is 2.38. The molecule has 1 saturated heterocycles. The summed E-state index contributed by atoms with van der Waals surface area (Å²) in [7, 11) is 0. The van der Waals surface area contributed by atoms with Gasteiger partial charge in [-0.3, -0.25) is 10.1 Å². The molecule has 1 aromatic rings. The lowest BCUT2D eigenvalue weighted by molar-refractivity contribution is -0.131. The van der Waals surface area contributed by atoms with Gasteiger partial charge in [0.2, 0.25) is 5.91 Å². The van der Waals surface area contributed by atoms with Crippen molar-refractivity contribution in [3.63, 3.8) is 0 Å². The minimum Gasteiger partial charge on any atom is -0.379 e. The van der Waals surface area contributed by atoms with Crippen LogP contribution in [0.25, 0.3) is 0 Å². The Hall–Kier alpha value is -0.910. The van der Waals surface area contributed by atoms with Crippen LogP contribution < -0.4 is 5.32 Å². The van der Waals surface area contributed by atoms with Gasteiger partial charge in [-0.25, -0.2) is 0 Å². The van der Waals surface area contributed by atoms with Crippen LogP contribution in [0.2, 0.25) is 0 Å². The highest BCUT2D eigenvalue weighted by Crippen LogP contribution is 2.28. The fraction of sp³-hybridized carbons (Fsp3) is 0.688. The third-order valence-corrected chi connectivity index (χ3v) is 4.32. The van der Waals surface area contributed by atoms with Crippen LogP contribution in [0.15, 0.2) is 16.8 Å². The third-order valence-electron chi connectivity index (χ3n) is 3.62. The first-order valence-electron chi connectivity index (χ1n) is 7.79. The molecule has 1 N–H and O–H groups in total. The summed E-state index contributed by atoms with van der Waals surface area (Å²) in [6.45, 7) is 8.38. The highest BCUT2D eigenvalue weighted by molar-refractivity contribution is 7.07. The molecular weight excluding hydrogens is 284 g/mol. The van der Waals surface area contributed by atoms with Crippen molar-refractivity contribution < 1.29 is 9.53 Å². The SMILES string of the molecule is CCCC1NC(c2ccsc2)N(CCOCC(C)C)C1=O. The summed E-state index contributed by atoms with van der Waals surface area (Å²) in [5.74, 6) is 0.735. The van der Waals surface area contributed by atoms with Crippen molar-refractivity contribution in [3.05, 3.63) is 22.4 Å². The van der Waals surface area contributed by atoms with E-state index in [1.165, 1.54) is 5.56 Å². The van der Waals surface area contributed by atoms with E-state index in [0.717, 1.165) is 19.4 Å². The number of rotatable bonds is 8. The Morgan fingerprint density at radius 3 is 2.90 bits per heavy atom. The molecule has 0 spiro atoms. The molecule has 1 aromatic heterocycles. The summed E-state index contributed by atoms with van der Waals surface area (Å²) in [5.41, 5.74) is 1.18. The first-order valence-corrected chi connectivity index (χ1v) is 8.74. The van der Waals surface area contributed by atoms with Crippen molar-refractivity contribution >= 4 is 17.2 Å². The number of carbonyl (C=O) groups is 1. The number of hydrogen-bond acceptors (Lipinski definition) is 4. The maximum atomic E-state index is 12.5. The number of amides is 1. The Bertz CT molecular complexity index is 433. The molecule has 0 aromatic carbocycles. The Kier molecular flexibility index (Phi) is 6.21. The monoisotopic (exact) mass is 310 g/mol. The van der Waals surface area contributed by atoms with E-state index >= 15 is 0 Å². The standard InChI is InChI=1S/C16H26N2O2S/c1-4-5-14-16(19)18(7-8-20-10-12(2)3)15(17-14)13-6-9-21-11-13/h6,9,11-12,14-15,17H,4-5,7-8,10H2,1-3H3. The molecule has 0 aliphatic carbocycles. The lowest BCUT2D eigenvalue weighted by Crippen LogP contribution is -2.34. The molecule has 4 nitrogen and oxygen atoms in total. The largest absolute Gasteiger partial charge is 0.379 e. The van der Waals surface area contributed by atoms with E-state index in [1.54, 1.807) is 11.3 Å². The third kappa shape index (κ3) is 4.28. The second-order valence-corrected chi connectivity index (χ2v) is 6.75. The Labute approximate surface area is 131 Å². The van der Waals surface area contributed by atoms with Crippen molar-refractivity contribution in [1.29, 1.82) is 0 Å². The van der Waals surface area contributed by atoms with Gasteiger partial charge in [0.05, 0.1) is 12.6 Å². The van der Waals surface area contributed by atoms with Crippen LogP contribution in [0, 0.1) is 5.92 Å². The van der Waals surface area contributed by atoms with Crippen LogP contribution in [-0.4, -0.2) is 36.6 Å². The number of carbonyl (C=O) groups excluding carboxylic acids is 1. The van der Waals surface area contributed by atoms with Crippen LogP contribution in [0.4, 0.5) is 0 Å². The first-order chi connectivity index (χ1) is 10.1. The lowest BCUT2D eigenvalue weighted by atomic mass is 10.2. The summed E-state index contributed by atoms with van der Waals surface area (Å²) in [5, 5.41) is 7.64. The van der Waals surface area contributed by atoms with Gasteiger partial charge < -0.3 is 9.64 Å². The first kappa shape index (κ1) is 16.5. The molecule has 2 atom stereocenters. The van der Waals surface area contributed by atoms with Gasteiger partial charge in [-0.15, -0.1) is 0 Å². The molecule has 118 valence electrons.